The van der Waals surface area contributed by atoms with Gasteiger partial charge in [0, 0.05) is 0 Å². The maximum absolute atomic E-state index is 9.19. The molecule has 0 saturated heterocycles. The van der Waals surface area contributed by atoms with Crippen LogP contribution in [-0.4, -0.2) is 6.29 Å². The van der Waals surface area contributed by atoms with E-state index in [-0.39, 0.29) is 0 Å². The van der Waals surface area contributed by atoms with E-state index in [1.807, 2.05) is 0 Å². The summed E-state index contributed by atoms with van der Waals surface area (Å²) in [6.07, 6.45) is 2.58. The van der Waals surface area contributed by atoms with Gasteiger partial charge in [0.1, 0.15) is 5.73 Å². The molecule has 0 amide bonds. The summed E-state index contributed by atoms with van der Waals surface area (Å²) in [5, 5.41) is 0. The van der Waals surface area contributed by atoms with Gasteiger partial charge in [0.15, 0.2) is 6.08 Å². The van der Waals surface area contributed by atoms with E-state index in [1.165, 1.54) is 0 Å². The number of hydrogen-bond acceptors (Lipinski definition) is 1. The summed E-state index contributed by atoms with van der Waals surface area (Å²) in [5.41, 5.74) is 2.15. The van der Waals surface area contributed by atoms with Gasteiger partial charge in [0.05, 0.1) is 6.58 Å². The minimum atomic E-state index is 0.507. The first-order valence-electron chi connectivity index (χ1n) is 1.13. The normalized spacial score (nSPS) is 4.00. The van der Waals surface area contributed by atoms with Crippen molar-refractivity contribution in [2.75, 3.05) is 0 Å². The zero-order valence-electron chi connectivity index (χ0n) is 2.69. The van der Waals surface area contributed by atoms with Gasteiger partial charge < -0.3 is 0 Å². The summed E-state index contributed by atoms with van der Waals surface area (Å²) in [5.74, 6) is 0. The summed E-state index contributed by atoms with van der Waals surface area (Å²) >= 11 is 0. The fraction of sp³-hybridized carbons (Fsp3) is 0. The van der Waals surface area contributed by atoms with Gasteiger partial charge in [-0.1, -0.05) is 0 Å². The van der Waals surface area contributed by atoms with Gasteiger partial charge in [-0.3, -0.25) is 4.79 Å². The molecule has 0 heterocycles. The fourth-order valence-electron chi connectivity index (χ4n) is 0.0417. The predicted octanol–water partition coefficient (Wildman–Crippen LogP) is 0.330. The molecule has 0 spiro atoms. The SMILES string of the molecule is C=C=[C+]C=O. The van der Waals surface area contributed by atoms with E-state index in [2.05, 4.69) is 18.4 Å². The smallest absolute Gasteiger partial charge is 0.262 e. The van der Waals surface area contributed by atoms with Gasteiger partial charge in [-0.15, -0.1) is 0 Å². The molecule has 0 radical (unpaired) electrons. The van der Waals surface area contributed by atoms with Crippen molar-refractivity contribution in [1.29, 1.82) is 0 Å². The Kier molecular flexibility index (Phi) is 2.54. The van der Waals surface area contributed by atoms with Crippen LogP contribution in [0.5, 0.6) is 0 Å². The van der Waals surface area contributed by atoms with Crippen molar-refractivity contribution in [2.24, 2.45) is 0 Å². The molecule has 0 unspecified atom stereocenters. The lowest BCUT2D eigenvalue weighted by molar-refractivity contribution is -0.104. The second-order valence-corrected chi connectivity index (χ2v) is 0.439. The lowest BCUT2D eigenvalue weighted by Gasteiger charge is -1.25. The zero-order valence-corrected chi connectivity index (χ0v) is 2.69. The van der Waals surface area contributed by atoms with Crippen LogP contribution in [-0.2, 0) is 4.79 Å². The molecule has 0 fully saturated rings. The van der Waals surface area contributed by atoms with Gasteiger partial charge in [-0.25, -0.2) is 0 Å². The third-order valence-corrected chi connectivity index (χ3v) is 0.161. The Bertz CT molecular complexity index is 67.7. The quantitative estimate of drug-likeness (QED) is 0.187. The molecule has 0 N–H and O–H groups in total. The maximum atomic E-state index is 9.19. The molecule has 5 heavy (non-hydrogen) atoms. The molecule has 0 atom stereocenters. The van der Waals surface area contributed by atoms with E-state index < -0.39 is 0 Å². The van der Waals surface area contributed by atoms with Crippen LogP contribution in [0, 0.1) is 6.08 Å². The summed E-state index contributed by atoms with van der Waals surface area (Å²) in [6.45, 7) is 3.08. The molecule has 0 aromatic heterocycles. The van der Waals surface area contributed by atoms with Crippen molar-refractivity contribution >= 4 is 6.29 Å². The number of rotatable bonds is 1. The standard InChI is InChI=1S/C4H3O/c1-2-3-4-5/h4H,1H2/q+1. The number of carbonyl (C=O) groups is 1. The third kappa shape index (κ3) is 3.10. The molecule has 0 aliphatic rings. The van der Waals surface area contributed by atoms with E-state index in [0.717, 1.165) is 0 Å². The molecule has 24 valence electrons. The number of allylic oxidation sites excluding steroid dienone is 1. The van der Waals surface area contributed by atoms with Gasteiger partial charge in [0.25, 0.3) is 6.29 Å². The highest BCUT2D eigenvalue weighted by molar-refractivity contribution is 5.58. The molecule has 0 saturated carbocycles. The summed E-state index contributed by atoms with van der Waals surface area (Å²) in [6, 6.07) is 0. The first kappa shape index (κ1) is 4.10. The second kappa shape index (κ2) is 3.10. The lowest BCUT2D eigenvalue weighted by Crippen LogP contribution is -1.49. The van der Waals surface area contributed by atoms with Crippen LogP contribution in [0.1, 0.15) is 0 Å². The molecule has 0 aromatic carbocycles. The van der Waals surface area contributed by atoms with Crippen molar-refractivity contribution in [3.63, 3.8) is 0 Å². The summed E-state index contributed by atoms with van der Waals surface area (Å²) in [4.78, 5) is 9.19. The molecule has 0 aliphatic heterocycles. The Labute approximate surface area is 30.6 Å². The fourth-order valence-corrected chi connectivity index (χ4v) is 0.0417. The van der Waals surface area contributed by atoms with Crippen molar-refractivity contribution in [3.8, 4) is 0 Å². The van der Waals surface area contributed by atoms with Crippen LogP contribution in [0.4, 0.5) is 0 Å². The molecular formula is C4H3O+. The monoisotopic (exact) mass is 67.0 g/mol. The van der Waals surface area contributed by atoms with Gasteiger partial charge in [-0.2, -0.15) is 0 Å². The van der Waals surface area contributed by atoms with Gasteiger partial charge >= 0.3 is 0 Å². The molecular weight excluding hydrogens is 64.0 g/mol. The highest BCUT2D eigenvalue weighted by atomic mass is 16.1. The summed E-state index contributed by atoms with van der Waals surface area (Å²) < 4.78 is 0. The van der Waals surface area contributed by atoms with E-state index >= 15 is 0 Å². The highest BCUT2D eigenvalue weighted by Crippen LogP contribution is 1.41. The number of aldehydes is 1. The van der Waals surface area contributed by atoms with Gasteiger partial charge in [0.2, 0.25) is 0 Å². The first-order valence-corrected chi connectivity index (χ1v) is 1.13. The molecule has 0 aromatic rings. The minimum absolute atomic E-state index is 0.507. The van der Waals surface area contributed by atoms with E-state index in [0.29, 0.717) is 6.29 Å². The average Bonchev–Trinajstić information content (AvgIpc) is 1.41. The molecule has 1 heteroatoms. The first-order chi connectivity index (χ1) is 2.41. The predicted molar refractivity (Wildman–Crippen MR) is 18.4 cm³/mol. The van der Waals surface area contributed by atoms with Crippen molar-refractivity contribution in [1.82, 2.24) is 0 Å². The molecule has 0 bridgehead atoms. The van der Waals surface area contributed by atoms with E-state index in [4.69, 9.17) is 0 Å². The van der Waals surface area contributed by atoms with E-state index in [9.17, 15) is 4.79 Å². The van der Waals surface area contributed by atoms with Crippen molar-refractivity contribution < 1.29 is 4.79 Å². The third-order valence-electron chi connectivity index (χ3n) is 0.161. The average molecular weight is 67.1 g/mol. The van der Waals surface area contributed by atoms with Crippen molar-refractivity contribution in [2.45, 2.75) is 0 Å². The van der Waals surface area contributed by atoms with Crippen LogP contribution in [0.2, 0.25) is 0 Å². The maximum Gasteiger partial charge on any atom is 0.293 e. The van der Waals surface area contributed by atoms with E-state index in [1.54, 1.807) is 0 Å². The topological polar surface area (TPSA) is 17.1 Å². The lowest BCUT2D eigenvalue weighted by atomic mass is 10.7. The molecule has 0 rings (SSSR count). The minimum Gasteiger partial charge on any atom is -0.262 e. The number of hydrogen-bond donors (Lipinski definition) is 0. The molecule has 0 aliphatic carbocycles. The highest BCUT2D eigenvalue weighted by Gasteiger charge is 1.60. The van der Waals surface area contributed by atoms with Gasteiger partial charge in [-0.05, 0) is 0 Å². The Morgan fingerprint density at radius 3 is 2.60 bits per heavy atom. The van der Waals surface area contributed by atoms with Crippen LogP contribution in [0.3, 0.4) is 0 Å². The zero-order chi connectivity index (χ0) is 4.12. The van der Waals surface area contributed by atoms with Crippen LogP contribution < -0.4 is 0 Å². The second-order valence-electron chi connectivity index (χ2n) is 0.439. The Balaban J connectivity index is 3.31. The number of carbonyl (C=O) groups excluding carboxylic acids is 1. The Morgan fingerprint density at radius 2 is 2.60 bits per heavy atom. The Morgan fingerprint density at radius 1 is 2.00 bits per heavy atom. The molecule has 1 nitrogen and oxygen atoms in total. The van der Waals surface area contributed by atoms with Crippen molar-refractivity contribution in [3.05, 3.63) is 18.4 Å². The summed E-state index contributed by atoms with van der Waals surface area (Å²) in [7, 11) is 0. The largest absolute Gasteiger partial charge is 0.293 e. The van der Waals surface area contributed by atoms with Crippen LogP contribution >= 0.6 is 0 Å². The van der Waals surface area contributed by atoms with Crippen LogP contribution in [0.15, 0.2) is 12.3 Å². The van der Waals surface area contributed by atoms with Crippen LogP contribution in [0.25, 0.3) is 0 Å². The Hall–Kier alpha value is -0.900.